The Kier molecular flexibility index (Phi) is 5.13. The van der Waals surface area contributed by atoms with Crippen LogP contribution in [0.3, 0.4) is 0 Å². The topological polar surface area (TPSA) is 74.8 Å². The molecular weight excluding hydrogens is 340 g/mol. The van der Waals surface area contributed by atoms with Crippen LogP contribution in [0.2, 0.25) is 0 Å². The van der Waals surface area contributed by atoms with Crippen molar-refractivity contribution in [3.63, 3.8) is 0 Å². The third-order valence-electron chi connectivity index (χ3n) is 5.00. The molecule has 1 aromatic rings. The number of hydrogen-bond donors (Lipinski definition) is 0. The molecule has 7 heteroatoms. The highest BCUT2D eigenvalue weighted by atomic mass is 32.2. The van der Waals surface area contributed by atoms with Crippen molar-refractivity contribution in [2.75, 3.05) is 31.1 Å². The fourth-order valence-corrected chi connectivity index (χ4v) is 5.37. The molecule has 25 heavy (non-hydrogen) atoms. The van der Waals surface area contributed by atoms with Crippen LogP contribution < -0.4 is 0 Å². The average Bonchev–Trinajstić information content (AvgIpc) is 3.25. The summed E-state index contributed by atoms with van der Waals surface area (Å²) in [5.41, 5.74) is 0.957. The molecule has 1 aromatic carbocycles. The lowest BCUT2D eigenvalue weighted by atomic mass is 10.1. The van der Waals surface area contributed by atoms with Gasteiger partial charge in [0.05, 0.1) is 11.5 Å². The van der Waals surface area contributed by atoms with E-state index in [9.17, 15) is 18.0 Å². The van der Waals surface area contributed by atoms with Gasteiger partial charge in [-0.1, -0.05) is 6.07 Å². The molecule has 2 aliphatic rings. The van der Waals surface area contributed by atoms with Gasteiger partial charge in [0.15, 0.2) is 9.84 Å². The standard InChI is InChI=1S/C18H24N2O4S/c1-2-20(16-8-11-25(23,24)13-16)18(22)15-7-5-6-14(12-15)17(21)19-9-3-4-10-19/h5-7,12,16H,2-4,8-11,13H2,1H3. The summed E-state index contributed by atoms with van der Waals surface area (Å²) in [6, 6.07) is 6.49. The minimum atomic E-state index is -3.05. The molecule has 0 saturated carbocycles. The molecule has 136 valence electrons. The van der Waals surface area contributed by atoms with E-state index in [1.165, 1.54) is 0 Å². The average molecular weight is 364 g/mol. The quantitative estimate of drug-likeness (QED) is 0.813. The summed E-state index contributed by atoms with van der Waals surface area (Å²) in [6.45, 7) is 3.82. The van der Waals surface area contributed by atoms with Crippen molar-refractivity contribution < 1.29 is 18.0 Å². The molecule has 2 heterocycles. The number of sulfone groups is 1. The highest BCUT2D eigenvalue weighted by Gasteiger charge is 2.34. The van der Waals surface area contributed by atoms with E-state index in [0.29, 0.717) is 24.1 Å². The number of amides is 2. The Balaban J connectivity index is 1.79. The van der Waals surface area contributed by atoms with Crippen LogP contribution in [0.15, 0.2) is 24.3 Å². The van der Waals surface area contributed by atoms with Gasteiger partial charge in [-0.25, -0.2) is 8.42 Å². The first-order valence-electron chi connectivity index (χ1n) is 8.82. The first kappa shape index (κ1) is 17.9. The molecule has 6 nitrogen and oxygen atoms in total. The Morgan fingerprint density at radius 1 is 1.20 bits per heavy atom. The number of rotatable bonds is 4. The summed E-state index contributed by atoms with van der Waals surface area (Å²) in [4.78, 5) is 28.8. The maximum Gasteiger partial charge on any atom is 0.254 e. The third kappa shape index (κ3) is 3.86. The largest absolute Gasteiger partial charge is 0.339 e. The molecule has 2 saturated heterocycles. The lowest BCUT2D eigenvalue weighted by molar-refractivity contribution is 0.0708. The summed E-state index contributed by atoms with van der Waals surface area (Å²) in [7, 11) is -3.05. The van der Waals surface area contributed by atoms with E-state index in [1.54, 1.807) is 29.2 Å². The number of benzene rings is 1. The number of hydrogen-bond acceptors (Lipinski definition) is 4. The van der Waals surface area contributed by atoms with E-state index in [1.807, 2.05) is 11.8 Å². The molecule has 0 aliphatic carbocycles. The predicted molar refractivity (Wildman–Crippen MR) is 95.3 cm³/mol. The Labute approximate surface area is 148 Å². The van der Waals surface area contributed by atoms with Crippen LogP contribution in [0.5, 0.6) is 0 Å². The third-order valence-corrected chi connectivity index (χ3v) is 6.75. The molecule has 2 fully saturated rings. The van der Waals surface area contributed by atoms with Crippen molar-refractivity contribution in [2.45, 2.75) is 32.2 Å². The second kappa shape index (κ2) is 7.15. The number of carbonyl (C=O) groups excluding carboxylic acids is 2. The Hall–Kier alpha value is -1.89. The zero-order chi connectivity index (χ0) is 18.0. The lowest BCUT2D eigenvalue weighted by Gasteiger charge is -2.27. The Bertz CT molecular complexity index is 769. The van der Waals surface area contributed by atoms with Crippen LogP contribution in [-0.2, 0) is 9.84 Å². The van der Waals surface area contributed by atoms with E-state index in [4.69, 9.17) is 0 Å². The maximum atomic E-state index is 12.9. The SMILES string of the molecule is CCN(C(=O)c1cccc(C(=O)N2CCCC2)c1)C1CCS(=O)(=O)C1. The monoisotopic (exact) mass is 364 g/mol. The second-order valence-corrected chi connectivity index (χ2v) is 8.96. The maximum absolute atomic E-state index is 12.9. The number of nitrogens with zero attached hydrogens (tertiary/aromatic N) is 2. The van der Waals surface area contributed by atoms with Gasteiger partial charge in [-0.2, -0.15) is 0 Å². The number of carbonyl (C=O) groups is 2. The summed E-state index contributed by atoms with van der Waals surface area (Å²) in [5, 5.41) is 0. The van der Waals surface area contributed by atoms with Gasteiger partial charge in [-0.3, -0.25) is 9.59 Å². The van der Waals surface area contributed by atoms with E-state index < -0.39 is 9.84 Å². The zero-order valence-corrected chi connectivity index (χ0v) is 15.3. The van der Waals surface area contributed by atoms with E-state index in [-0.39, 0.29) is 29.4 Å². The fourth-order valence-electron chi connectivity index (χ4n) is 3.64. The molecular formula is C18H24N2O4S. The molecule has 0 radical (unpaired) electrons. The first-order valence-corrected chi connectivity index (χ1v) is 10.6. The molecule has 0 N–H and O–H groups in total. The summed E-state index contributed by atoms with van der Waals surface area (Å²) in [5.74, 6) is -0.0900. The van der Waals surface area contributed by atoms with Gasteiger partial charge in [0.25, 0.3) is 11.8 Å². The van der Waals surface area contributed by atoms with Crippen molar-refractivity contribution >= 4 is 21.7 Å². The molecule has 0 aromatic heterocycles. The van der Waals surface area contributed by atoms with E-state index in [0.717, 1.165) is 25.9 Å². The first-order chi connectivity index (χ1) is 11.9. The lowest BCUT2D eigenvalue weighted by Crippen LogP contribution is -2.41. The van der Waals surface area contributed by atoms with Gasteiger partial charge in [-0.05, 0) is 44.4 Å². The van der Waals surface area contributed by atoms with E-state index in [2.05, 4.69) is 0 Å². The molecule has 3 rings (SSSR count). The second-order valence-electron chi connectivity index (χ2n) is 6.73. The summed E-state index contributed by atoms with van der Waals surface area (Å²) < 4.78 is 23.4. The smallest absolute Gasteiger partial charge is 0.254 e. The summed E-state index contributed by atoms with van der Waals surface area (Å²) in [6.07, 6.45) is 2.52. The normalized spacial score (nSPS) is 22.1. The minimum Gasteiger partial charge on any atom is -0.339 e. The molecule has 1 unspecified atom stereocenters. The molecule has 2 aliphatic heterocycles. The molecule has 1 atom stereocenters. The van der Waals surface area contributed by atoms with Crippen molar-refractivity contribution in [2.24, 2.45) is 0 Å². The molecule has 0 bridgehead atoms. The van der Waals surface area contributed by atoms with Crippen molar-refractivity contribution in [3.05, 3.63) is 35.4 Å². The van der Waals surface area contributed by atoms with Crippen molar-refractivity contribution in [3.8, 4) is 0 Å². The summed E-state index contributed by atoms with van der Waals surface area (Å²) >= 11 is 0. The van der Waals surface area contributed by atoms with Gasteiger partial charge >= 0.3 is 0 Å². The predicted octanol–water partition coefficient (Wildman–Crippen LogP) is 1.57. The van der Waals surface area contributed by atoms with Crippen LogP contribution in [0.4, 0.5) is 0 Å². The Morgan fingerprint density at radius 2 is 1.88 bits per heavy atom. The van der Waals surface area contributed by atoms with Gasteiger partial charge < -0.3 is 9.80 Å². The zero-order valence-electron chi connectivity index (χ0n) is 14.5. The molecule has 0 spiro atoms. The Morgan fingerprint density at radius 3 is 2.48 bits per heavy atom. The van der Waals surface area contributed by atoms with Crippen LogP contribution in [0.1, 0.15) is 46.9 Å². The fraction of sp³-hybridized carbons (Fsp3) is 0.556. The highest BCUT2D eigenvalue weighted by Crippen LogP contribution is 2.21. The van der Waals surface area contributed by atoms with Crippen LogP contribution in [0.25, 0.3) is 0 Å². The highest BCUT2D eigenvalue weighted by molar-refractivity contribution is 7.91. The van der Waals surface area contributed by atoms with Crippen molar-refractivity contribution in [1.82, 2.24) is 9.80 Å². The minimum absolute atomic E-state index is 0.0268. The van der Waals surface area contributed by atoms with Crippen LogP contribution in [-0.4, -0.2) is 67.2 Å². The molecule has 2 amide bonds. The van der Waals surface area contributed by atoms with Gasteiger partial charge in [0.2, 0.25) is 0 Å². The van der Waals surface area contributed by atoms with Gasteiger partial charge in [-0.15, -0.1) is 0 Å². The number of likely N-dealkylation sites (tertiary alicyclic amines) is 1. The van der Waals surface area contributed by atoms with Crippen LogP contribution >= 0.6 is 0 Å². The van der Waals surface area contributed by atoms with Crippen molar-refractivity contribution in [1.29, 1.82) is 0 Å². The van der Waals surface area contributed by atoms with Crippen LogP contribution in [0, 0.1) is 0 Å². The van der Waals surface area contributed by atoms with E-state index >= 15 is 0 Å². The van der Waals surface area contributed by atoms with Gasteiger partial charge in [0, 0.05) is 36.8 Å². The van der Waals surface area contributed by atoms with Gasteiger partial charge in [0.1, 0.15) is 0 Å².